The number of hydrogen-bond donors (Lipinski definition) is 0. The molecule has 2 nitrogen and oxygen atoms in total. The lowest BCUT2D eigenvalue weighted by molar-refractivity contribution is -0.130. The number of halogens is 1. The van der Waals surface area contributed by atoms with Crippen LogP contribution in [-0.2, 0) is 11.2 Å². The second kappa shape index (κ2) is 5.80. The van der Waals surface area contributed by atoms with Crippen molar-refractivity contribution in [1.29, 1.82) is 0 Å². The summed E-state index contributed by atoms with van der Waals surface area (Å²) in [6, 6.07) is 6.19. The monoisotopic (exact) mass is 235 g/mol. The summed E-state index contributed by atoms with van der Waals surface area (Å²) in [6.45, 7) is 1.75. The Morgan fingerprint density at radius 2 is 1.65 bits per heavy atom. The quantitative estimate of drug-likeness (QED) is 0.772. The van der Waals surface area contributed by atoms with E-state index in [0.29, 0.717) is 6.42 Å². The van der Waals surface area contributed by atoms with Crippen LogP contribution < -0.4 is 0 Å². The predicted molar refractivity (Wildman–Crippen MR) is 65.2 cm³/mol. The van der Waals surface area contributed by atoms with Crippen LogP contribution in [0.15, 0.2) is 24.3 Å². The Kier molecular flexibility index (Phi) is 4.13. The molecule has 0 spiro atoms. The van der Waals surface area contributed by atoms with Crippen LogP contribution in [0.1, 0.15) is 31.2 Å². The van der Waals surface area contributed by atoms with E-state index in [0.717, 1.165) is 31.5 Å². The van der Waals surface area contributed by atoms with E-state index in [2.05, 4.69) is 0 Å². The van der Waals surface area contributed by atoms with Gasteiger partial charge in [0.25, 0.3) is 0 Å². The summed E-state index contributed by atoms with van der Waals surface area (Å²) >= 11 is 0. The first-order valence-electron chi connectivity index (χ1n) is 6.28. The van der Waals surface area contributed by atoms with Crippen LogP contribution in [0.3, 0.4) is 0 Å². The molecule has 0 unspecified atom stereocenters. The topological polar surface area (TPSA) is 20.3 Å². The summed E-state index contributed by atoms with van der Waals surface area (Å²) in [5.74, 6) is -0.0884. The molecule has 1 aliphatic heterocycles. The van der Waals surface area contributed by atoms with Gasteiger partial charge in [-0.25, -0.2) is 4.39 Å². The van der Waals surface area contributed by atoms with Gasteiger partial charge in [0.1, 0.15) is 5.82 Å². The molecule has 1 amide bonds. The minimum atomic E-state index is -0.254. The van der Waals surface area contributed by atoms with E-state index in [1.54, 1.807) is 12.1 Å². The fraction of sp³-hybridized carbons (Fsp3) is 0.500. The normalized spacial score (nSPS) is 16.6. The Balaban J connectivity index is 1.93. The van der Waals surface area contributed by atoms with E-state index in [-0.39, 0.29) is 11.7 Å². The van der Waals surface area contributed by atoms with Crippen molar-refractivity contribution in [3.8, 4) is 0 Å². The lowest BCUT2D eigenvalue weighted by Crippen LogP contribution is -2.33. The third kappa shape index (κ3) is 3.55. The smallest absolute Gasteiger partial charge is 0.226 e. The van der Waals surface area contributed by atoms with Crippen LogP contribution in [0.4, 0.5) is 4.39 Å². The van der Waals surface area contributed by atoms with Crippen molar-refractivity contribution in [2.45, 2.75) is 32.1 Å². The van der Waals surface area contributed by atoms with Gasteiger partial charge in [0, 0.05) is 13.1 Å². The van der Waals surface area contributed by atoms with Crippen LogP contribution in [0.2, 0.25) is 0 Å². The third-order valence-electron chi connectivity index (χ3n) is 3.23. The molecule has 1 aliphatic rings. The molecule has 0 aromatic heterocycles. The van der Waals surface area contributed by atoms with E-state index in [1.807, 2.05) is 4.90 Å². The zero-order valence-corrected chi connectivity index (χ0v) is 9.99. The Labute approximate surface area is 101 Å². The molecular formula is C14H18FNO. The highest BCUT2D eigenvalue weighted by atomic mass is 19.1. The van der Waals surface area contributed by atoms with E-state index in [4.69, 9.17) is 0 Å². The predicted octanol–water partition coefficient (Wildman–Crippen LogP) is 2.77. The first kappa shape index (κ1) is 12.1. The summed E-state index contributed by atoms with van der Waals surface area (Å²) in [5, 5.41) is 0. The average molecular weight is 235 g/mol. The number of rotatable bonds is 2. The minimum absolute atomic E-state index is 0.165. The second-order valence-corrected chi connectivity index (χ2v) is 4.60. The van der Waals surface area contributed by atoms with E-state index in [1.165, 1.54) is 25.0 Å². The van der Waals surface area contributed by atoms with Gasteiger partial charge in [0.05, 0.1) is 6.42 Å². The molecule has 1 saturated heterocycles. The fourth-order valence-corrected chi connectivity index (χ4v) is 2.21. The fourth-order valence-electron chi connectivity index (χ4n) is 2.21. The van der Waals surface area contributed by atoms with Crippen LogP contribution in [0.5, 0.6) is 0 Å². The summed E-state index contributed by atoms with van der Waals surface area (Å²) in [6.07, 6.45) is 5.05. The first-order chi connectivity index (χ1) is 8.25. The number of carbonyl (C=O) groups excluding carboxylic acids is 1. The number of nitrogens with zero attached hydrogens (tertiary/aromatic N) is 1. The van der Waals surface area contributed by atoms with Gasteiger partial charge in [-0.3, -0.25) is 4.79 Å². The van der Waals surface area contributed by atoms with Crippen molar-refractivity contribution in [1.82, 2.24) is 4.90 Å². The summed E-state index contributed by atoms with van der Waals surface area (Å²) < 4.78 is 12.7. The average Bonchev–Trinajstić information content (AvgIpc) is 2.61. The zero-order chi connectivity index (χ0) is 12.1. The van der Waals surface area contributed by atoms with Crippen molar-refractivity contribution < 1.29 is 9.18 Å². The number of carbonyl (C=O) groups is 1. The standard InChI is InChI=1S/C14H18FNO/c15-13-7-5-12(6-8-13)11-14(17)16-9-3-1-2-4-10-16/h5-8H,1-4,9-11H2. The SMILES string of the molecule is O=C(Cc1ccc(F)cc1)N1CCCCCC1. The number of hydrogen-bond acceptors (Lipinski definition) is 1. The van der Waals surface area contributed by atoms with Gasteiger partial charge in [0.15, 0.2) is 0 Å². The lowest BCUT2D eigenvalue weighted by atomic mass is 10.1. The number of likely N-dealkylation sites (tertiary alicyclic amines) is 1. The second-order valence-electron chi connectivity index (χ2n) is 4.60. The van der Waals surface area contributed by atoms with Crippen molar-refractivity contribution >= 4 is 5.91 Å². The van der Waals surface area contributed by atoms with E-state index >= 15 is 0 Å². The van der Waals surface area contributed by atoms with Gasteiger partial charge in [-0.2, -0.15) is 0 Å². The molecule has 17 heavy (non-hydrogen) atoms. The Morgan fingerprint density at radius 3 is 2.24 bits per heavy atom. The molecule has 3 heteroatoms. The molecule has 92 valence electrons. The van der Waals surface area contributed by atoms with Crippen LogP contribution >= 0.6 is 0 Å². The third-order valence-corrected chi connectivity index (χ3v) is 3.23. The molecule has 1 aromatic carbocycles. The maximum Gasteiger partial charge on any atom is 0.226 e. The maximum absolute atomic E-state index is 12.7. The van der Waals surface area contributed by atoms with Gasteiger partial charge in [0.2, 0.25) is 5.91 Å². The van der Waals surface area contributed by atoms with Gasteiger partial charge in [-0.05, 0) is 30.5 Å². The molecule has 1 heterocycles. The van der Waals surface area contributed by atoms with Gasteiger partial charge in [-0.15, -0.1) is 0 Å². The van der Waals surface area contributed by atoms with Crippen molar-refractivity contribution in [2.24, 2.45) is 0 Å². The first-order valence-corrected chi connectivity index (χ1v) is 6.28. The van der Waals surface area contributed by atoms with E-state index in [9.17, 15) is 9.18 Å². The molecule has 0 radical (unpaired) electrons. The highest BCUT2D eigenvalue weighted by Gasteiger charge is 2.15. The Bertz CT molecular complexity index is 366. The summed E-state index contributed by atoms with van der Waals surface area (Å²) in [7, 11) is 0. The van der Waals surface area contributed by atoms with Crippen LogP contribution in [0.25, 0.3) is 0 Å². The molecule has 0 bridgehead atoms. The van der Waals surface area contributed by atoms with Crippen LogP contribution in [0, 0.1) is 5.82 Å². The molecule has 0 N–H and O–H groups in total. The van der Waals surface area contributed by atoms with Crippen molar-refractivity contribution in [3.05, 3.63) is 35.6 Å². The van der Waals surface area contributed by atoms with Crippen LogP contribution in [-0.4, -0.2) is 23.9 Å². The lowest BCUT2D eigenvalue weighted by Gasteiger charge is -2.20. The Hall–Kier alpha value is -1.38. The van der Waals surface area contributed by atoms with Gasteiger partial charge >= 0.3 is 0 Å². The highest BCUT2D eigenvalue weighted by molar-refractivity contribution is 5.78. The molecular weight excluding hydrogens is 217 g/mol. The molecule has 1 fully saturated rings. The summed E-state index contributed by atoms with van der Waals surface area (Å²) in [5.41, 5.74) is 0.889. The Morgan fingerprint density at radius 1 is 1.06 bits per heavy atom. The maximum atomic E-state index is 12.7. The molecule has 0 aliphatic carbocycles. The molecule has 0 saturated carbocycles. The molecule has 2 rings (SSSR count). The minimum Gasteiger partial charge on any atom is -0.342 e. The highest BCUT2D eigenvalue weighted by Crippen LogP contribution is 2.12. The van der Waals surface area contributed by atoms with Gasteiger partial charge < -0.3 is 4.90 Å². The number of amides is 1. The molecule has 0 atom stereocenters. The van der Waals surface area contributed by atoms with Crippen molar-refractivity contribution in [3.63, 3.8) is 0 Å². The number of benzene rings is 1. The van der Waals surface area contributed by atoms with Crippen molar-refractivity contribution in [2.75, 3.05) is 13.1 Å². The largest absolute Gasteiger partial charge is 0.342 e. The molecule has 1 aromatic rings. The zero-order valence-electron chi connectivity index (χ0n) is 9.99. The van der Waals surface area contributed by atoms with Gasteiger partial charge in [-0.1, -0.05) is 25.0 Å². The van der Waals surface area contributed by atoms with E-state index < -0.39 is 0 Å². The summed E-state index contributed by atoms with van der Waals surface area (Å²) in [4.78, 5) is 14.0.